The monoisotopic (exact) mass is 493 g/mol. The third-order valence-electron chi connectivity index (χ3n) is 4.93. The summed E-state index contributed by atoms with van der Waals surface area (Å²) in [5.74, 6) is 1.82. The number of nitrogens with zero attached hydrogens (tertiary/aromatic N) is 1. The molecule has 0 unspecified atom stereocenters. The molecule has 0 radical (unpaired) electrons. The Labute approximate surface area is 208 Å². The summed E-state index contributed by atoms with van der Waals surface area (Å²) in [6, 6.07) is 20.0. The van der Waals surface area contributed by atoms with Crippen molar-refractivity contribution in [2.75, 3.05) is 26.9 Å². The Balaban J connectivity index is 1.49. The first kappa shape index (κ1) is 24.2. The molecule has 0 aromatic heterocycles. The molecule has 0 aliphatic carbocycles. The summed E-state index contributed by atoms with van der Waals surface area (Å²) >= 11 is 6.51. The molecular formula is C27H24ClNO6. The molecule has 0 bridgehead atoms. The van der Waals surface area contributed by atoms with E-state index in [0.29, 0.717) is 40.2 Å². The Morgan fingerprint density at radius 1 is 0.914 bits per heavy atom. The largest absolute Gasteiger partial charge is 0.493 e. The lowest BCUT2D eigenvalue weighted by molar-refractivity contribution is -0.129. The minimum Gasteiger partial charge on any atom is -0.493 e. The number of cyclic esters (lactones) is 1. The average molecular weight is 494 g/mol. The third kappa shape index (κ3) is 5.94. The van der Waals surface area contributed by atoms with E-state index in [9.17, 15) is 4.79 Å². The van der Waals surface area contributed by atoms with Crippen molar-refractivity contribution in [3.63, 3.8) is 0 Å². The number of rotatable bonds is 10. The first-order valence-electron chi connectivity index (χ1n) is 11.0. The number of hydrogen-bond acceptors (Lipinski definition) is 7. The molecule has 0 saturated carbocycles. The van der Waals surface area contributed by atoms with Crippen molar-refractivity contribution in [1.82, 2.24) is 0 Å². The minimum absolute atomic E-state index is 0.168. The smallest absolute Gasteiger partial charge is 0.363 e. The van der Waals surface area contributed by atoms with Crippen molar-refractivity contribution in [1.29, 1.82) is 0 Å². The van der Waals surface area contributed by atoms with Gasteiger partial charge in [0.1, 0.15) is 13.2 Å². The van der Waals surface area contributed by atoms with Crippen molar-refractivity contribution in [3.05, 3.63) is 88.6 Å². The van der Waals surface area contributed by atoms with Gasteiger partial charge >= 0.3 is 5.97 Å². The molecule has 35 heavy (non-hydrogen) atoms. The summed E-state index contributed by atoms with van der Waals surface area (Å²) in [5.41, 5.74) is 1.51. The van der Waals surface area contributed by atoms with Gasteiger partial charge in [0.05, 0.1) is 18.7 Å². The van der Waals surface area contributed by atoms with Gasteiger partial charge in [0.15, 0.2) is 28.7 Å². The van der Waals surface area contributed by atoms with E-state index in [-0.39, 0.29) is 24.8 Å². The molecule has 1 aliphatic heterocycles. The van der Waals surface area contributed by atoms with Crippen LogP contribution in [0.3, 0.4) is 0 Å². The average Bonchev–Trinajstić information content (AvgIpc) is 3.24. The molecule has 180 valence electrons. The van der Waals surface area contributed by atoms with Crippen LogP contribution >= 0.6 is 11.6 Å². The Hall–Kier alpha value is -3.97. The first-order chi connectivity index (χ1) is 17.1. The molecule has 8 heteroatoms. The number of esters is 1. The third-order valence-corrected chi connectivity index (χ3v) is 5.21. The summed E-state index contributed by atoms with van der Waals surface area (Å²) in [7, 11) is 1.59. The second kappa shape index (κ2) is 11.4. The quantitative estimate of drug-likeness (QED) is 0.209. The van der Waals surface area contributed by atoms with E-state index >= 15 is 0 Å². The molecule has 1 aliphatic rings. The van der Waals surface area contributed by atoms with Gasteiger partial charge < -0.3 is 23.7 Å². The highest BCUT2D eigenvalue weighted by molar-refractivity contribution is 6.32. The van der Waals surface area contributed by atoms with Crippen LogP contribution in [-0.4, -0.2) is 38.8 Å². The molecule has 0 atom stereocenters. The fourth-order valence-electron chi connectivity index (χ4n) is 3.38. The predicted molar refractivity (Wildman–Crippen MR) is 134 cm³/mol. The molecule has 3 aromatic carbocycles. The van der Waals surface area contributed by atoms with E-state index in [1.807, 2.05) is 61.5 Å². The molecule has 7 nitrogen and oxygen atoms in total. The van der Waals surface area contributed by atoms with E-state index in [1.165, 1.54) is 0 Å². The minimum atomic E-state index is -0.535. The number of carbonyl (C=O) groups excluding carboxylic acids is 1. The summed E-state index contributed by atoms with van der Waals surface area (Å²) in [5, 5.41) is 0.332. The zero-order valence-corrected chi connectivity index (χ0v) is 20.1. The van der Waals surface area contributed by atoms with Gasteiger partial charge in [0.25, 0.3) is 0 Å². The highest BCUT2D eigenvalue weighted by Crippen LogP contribution is 2.38. The Kier molecular flexibility index (Phi) is 7.90. The predicted octanol–water partition coefficient (Wildman–Crippen LogP) is 5.55. The van der Waals surface area contributed by atoms with E-state index in [2.05, 4.69) is 4.99 Å². The number of aliphatic imine (C=N–C) groups is 1. The first-order valence-corrected chi connectivity index (χ1v) is 11.4. The van der Waals surface area contributed by atoms with Gasteiger partial charge in [-0.1, -0.05) is 41.9 Å². The van der Waals surface area contributed by atoms with Crippen molar-refractivity contribution < 1.29 is 28.5 Å². The second-order valence-electron chi connectivity index (χ2n) is 7.31. The van der Waals surface area contributed by atoms with Gasteiger partial charge in [0, 0.05) is 5.56 Å². The second-order valence-corrected chi connectivity index (χ2v) is 7.72. The van der Waals surface area contributed by atoms with Crippen LogP contribution in [0.1, 0.15) is 18.1 Å². The van der Waals surface area contributed by atoms with Crippen LogP contribution in [0.2, 0.25) is 5.02 Å². The lowest BCUT2D eigenvalue weighted by Crippen LogP contribution is -2.10. The van der Waals surface area contributed by atoms with Gasteiger partial charge in [-0.15, -0.1) is 0 Å². The summed E-state index contributed by atoms with van der Waals surface area (Å²) in [6.45, 7) is 2.77. The highest BCUT2D eigenvalue weighted by atomic mass is 35.5. The van der Waals surface area contributed by atoms with Crippen molar-refractivity contribution >= 4 is 29.5 Å². The van der Waals surface area contributed by atoms with E-state index < -0.39 is 5.97 Å². The Morgan fingerprint density at radius 3 is 2.37 bits per heavy atom. The lowest BCUT2D eigenvalue weighted by Gasteiger charge is -2.15. The number of benzene rings is 3. The van der Waals surface area contributed by atoms with Gasteiger partial charge in [0.2, 0.25) is 5.90 Å². The normalized spacial score (nSPS) is 13.9. The van der Waals surface area contributed by atoms with Crippen molar-refractivity contribution in [2.45, 2.75) is 6.92 Å². The number of methoxy groups -OCH3 is 1. The van der Waals surface area contributed by atoms with E-state index in [0.717, 1.165) is 5.56 Å². The number of hydrogen-bond donors (Lipinski definition) is 0. The van der Waals surface area contributed by atoms with Crippen LogP contribution in [0.4, 0.5) is 0 Å². The molecule has 0 saturated heterocycles. The van der Waals surface area contributed by atoms with Crippen LogP contribution in [0.15, 0.2) is 77.4 Å². The van der Waals surface area contributed by atoms with E-state index in [1.54, 1.807) is 25.3 Å². The Bertz CT molecular complexity index is 1260. The molecule has 3 aromatic rings. The molecule has 0 spiro atoms. The molecule has 4 rings (SSSR count). The standard InChI is InChI=1S/C27H24ClNO6/c1-3-32-24-17-18(16-21-27(30)35-26(29-21)19-9-5-4-6-10-19)15-20(28)25(24)34-14-13-33-23-12-8-7-11-22(23)31-2/h4-12,15-17H,3,13-14H2,1-2H3/b21-16-. The number of carbonyl (C=O) groups is 1. The SMILES string of the molecule is CCOc1cc(/C=C2\N=C(c3ccccc3)OC2=O)cc(Cl)c1OCCOc1ccccc1OC. The number of halogens is 1. The maximum absolute atomic E-state index is 12.3. The fourth-order valence-corrected chi connectivity index (χ4v) is 3.65. The topological polar surface area (TPSA) is 75.6 Å². The van der Waals surface area contributed by atoms with Crippen LogP contribution in [-0.2, 0) is 9.53 Å². The van der Waals surface area contributed by atoms with Crippen LogP contribution in [0.5, 0.6) is 23.0 Å². The molecule has 0 N–H and O–H groups in total. The van der Waals surface area contributed by atoms with Gasteiger partial charge in [-0.3, -0.25) is 0 Å². The lowest BCUT2D eigenvalue weighted by atomic mass is 10.1. The molecular weight excluding hydrogens is 470 g/mol. The number of para-hydroxylation sites is 2. The summed E-state index contributed by atoms with van der Waals surface area (Å²) < 4.78 is 28.0. The fraction of sp³-hybridized carbons (Fsp3) is 0.185. The van der Waals surface area contributed by atoms with Gasteiger partial charge in [-0.2, -0.15) is 0 Å². The molecule has 0 amide bonds. The Morgan fingerprint density at radius 2 is 1.63 bits per heavy atom. The van der Waals surface area contributed by atoms with Crippen molar-refractivity contribution in [3.8, 4) is 23.0 Å². The molecule has 0 fully saturated rings. The van der Waals surface area contributed by atoms with Crippen LogP contribution in [0, 0.1) is 0 Å². The zero-order valence-electron chi connectivity index (χ0n) is 19.3. The van der Waals surface area contributed by atoms with Crippen LogP contribution < -0.4 is 18.9 Å². The zero-order chi connectivity index (χ0) is 24.6. The highest BCUT2D eigenvalue weighted by Gasteiger charge is 2.24. The van der Waals surface area contributed by atoms with Gasteiger partial charge in [-0.05, 0) is 55.0 Å². The van der Waals surface area contributed by atoms with Crippen LogP contribution in [0.25, 0.3) is 6.08 Å². The number of ether oxygens (including phenoxy) is 5. The van der Waals surface area contributed by atoms with E-state index in [4.69, 9.17) is 35.3 Å². The summed E-state index contributed by atoms with van der Waals surface area (Å²) in [6.07, 6.45) is 1.60. The maximum Gasteiger partial charge on any atom is 0.363 e. The van der Waals surface area contributed by atoms with Gasteiger partial charge in [-0.25, -0.2) is 9.79 Å². The molecule has 1 heterocycles. The maximum atomic E-state index is 12.3. The summed E-state index contributed by atoms with van der Waals surface area (Å²) in [4.78, 5) is 16.7. The van der Waals surface area contributed by atoms with Crippen molar-refractivity contribution in [2.24, 2.45) is 4.99 Å².